The number of hydrogen-bond acceptors (Lipinski definition) is 5. The maximum atomic E-state index is 13.6. The summed E-state index contributed by atoms with van der Waals surface area (Å²) in [6.07, 6.45) is 8.40. The van der Waals surface area contributed by atoms with Crippen molar-refractivity contribution in [2.24, 2.45) is 0 Å². The number of carbonyl (C=O) groups excluding carboxylic acids is 1. The van der Waals surface area contributed by atoms with Gasteiger partial charge in [0.15, 0.2) is 5.76 Å². The Bertz CT molecular complexity index is 1240. The van der Waals surface area contributed by atoms with Gasteiger partial charge in [-0.3, -0.25) is 14.7 Å². The molecule has 0 unspecified atom stereocenters. The van der Waals surface area contributed by atoms with Crippen molar-refractivity contribution in [2.45, 2.75) is 38.8 Å². The van der Waals surface area contributed by atoms with Crippen molar-refractivity contribution in [2.75, 3.05) is 6.54 Å². The van der Waals surface area contributed by atoms with Gasteiger partial charge in [-0.2, -0.15) is 0 Å². The van der Waals surface area contributed by atoms with E-state index in [4.69, 9.17) is 4.74 Å². The molecule has 2 aromatic carbocycles. The number of hydrogen-bond donors (Lipinski definition) is 1. The van der Waals surface area contributed by atoms with Crippen LogP contribution >= 0.6 is 0 Å². The van der Waals surface area contributed by atoms with Crippen LogP contribution in [0.3, 0.4) is 0 Å². The number of aryl methyl sites for hydroxylation is 1. The van der Waals surface area contributed by atoms with E-state index in [1.807, 2.05) is 12.3 Å². The highest BCUT2D eigenvalue weighted by molar-refractivity contribution is 6.15. The molecule has 33 heavy (non-hydrogen) atoms. The number of ether oxygens (including phenoxy) is 1. The van der Waals surface area contributed by atoms with E-state index < -0.39 is 0 Å². The molecule has 168 valence electrons. The fourth-order valence-electron chi connectivity index (χ4n) is 4.81. The van der Waals surface area contributed by atoms with Gasteiger partial charge in [-0.05, 0) is 73.3 Å². The number of rotatable bonds is 4. The van der Waals surface area contributed by atoms with Gasteiger partial charge in [-0.1, -0.05) is 24.6 Å². The molecule has 0 amide bonds. The summed E-state index contributed by atoms with van der Waals surface area (Å²) in [5.74, 6) is 0.00839. The number of aromatic nitrogens is 1. The lowest BCUT2D eigenvalue weighted by atomic mass is 9.94. The third kappa shape index (κ3) is 4.14. The van der Waals surface area contributed by atoms with E-state index in [0.29, 0.717) is 34.5 Å². The van der Waals surface area contributed by atoms with E-state index in [1.165, 1.54) is 12.1 Å². The number of halogens is 1. The quantitative estimate of drug-likeness (QED) is 0.533. The maximum Gasteiger partial charge on any atom is 0.232 e. The monoisotopic (exact) mass is 444 g/mol. The molecule has 0 aliphatic carbocycles. The van der Waals surface area contributed by atoms with E-state index in [0.717, 1.165) is 31.4 Å². The number of allylic oxidation sites excluding steroid dienone is 1. The molecule has 1 aromatic heterocycles. The zero-order valence-electron chi connectivity index (χ0n) is 18.4. The van der Waals surface area contributed by atoms with Crippen LogP contribution in [0.5, 0.6) is 11.5 Å². The molecule has 3 aromatic rings. The van der Waals surface area contributed by atoms with Crippen molar-refractivity contribution in [3.05, 3.63) is 94.3 Å². The zero-order valence-corrected chi connectivity index (χ0v) is 18.4. The SMILES string of the molecule is Cc1cc(O)c(CN2CCCC[C@H]2c2cccnc2)c2c1C(=O)/C(=C/c1cccc(F)c1)O2. The Hall–Kier alpha value is -3.51. The minimum Gasteiger partial charge on any atom is -0.507 e. The second kappa shape index (κ2) is 8.79. The second-order valence-corrected chi connectivity index (χ2v) is 8.66. The molecule has 6 heteroatoms. The van der Waals surface area contributed by atoms with E-state index in [9.17, 15) is 14.3 Å². The third-order valence-electron chi connectivity index (χ3n) is 6.41. The largest absolute Gasteiger partial charge is 0.507 e. The third-order valence-corrected chi connectivity index (χ3v) is 6.41. The Morgan fingerprint density at radius 2 is 2.12 bits per heavy atom. The van der Waals surface area contributed by atoms with Gasteiger partial charge in [0, 0.05) is 25.0 Å². The number of Topliss-reactive ketones (excluding diaryl/α,β-unsaturated/α-hetero) is 1. The summed E-state index contributed by atoms with van der Waals surface area (Å²) in [5.41, 5.74) is 3.40. The molecule has 1 fully saturated rings. The average molecular weight is 445 g/mol. The highest BCUT2D eigenvalue weighted by Gasteiger charge is 2.35. The molecule has 5 nitrogen and oxygen atoms in total. The predicted molar refractivity (Wildman–Crippen MR) is 123 cm³/mol. The molecule has 2 aliphatic rings. The molecule has 1 atom stereocenters. The summed E-state index contributed by atoms with van der Waals surface area (Å²) in [5, 5.41) is 10.8. The van der Waals surface area contributed by atoms with E-state index in [2.05, 4.69) is 16.0 Å². The number of ketones is 1. The van der Waals surface area contributed by atoms with Gasteiger partial charge in [0.2, 0.25) is 5.78 Å². The fourth-order valence-corrected chi connectivity index (χ4v) is 4.81. The van der Waals surface area contributed by atoms with E-state index in [1.54, 1.807) is 37.4 Å². The molecular weight excluding hydrogens is 419 g/mol. The van der Waals surface area contributed by atoms with Crippen LogP contribution < -0.4 is 4.74 Å². The minimum absolute atomic E-state index is 0.113. The molecule has 1 N–H and O–H groups in total. The van der Waals surface area contributed by atoms with Gasteiger partial charge in [-0.15, -0.1) is 0 Å². The van der Waals surface area contributed by atoms with Crippen LogP contribution in [-0.2, 0) is 6.54 Å². The summed E-state index contributed by atoms with van der Waals surface area (Å²) >= 11 is 0. The number of benzene rings is 2. The number of carbonyl (C=O) groups is 1. The number of pyridine rings is 1. The van der Waals surface area contributed by atoms with Gasteiger partial charge in [0.05, 0.1) is 11.1 Å². The van der Waals surface area contributed by atoms with E-state index in [-0.39, 0.29) is 29.2 Å². The van der Waals surface area contributed by atoms with Crippen LogP contribution in [0.2, 0.25) is 0 Å². The first-order valence-corrected chi connectivity index (χ1v) is 11.2. The van der Waals surface area contributed by atoms with E-state index >= 15 is 0 Å². The summed E-state index contributed by atoms with van der Waals surface area (Å²) in [4.78, 5) is 19.7. The highest BCUT2D eigenvalue weighted by Crippen LogP contribution is 2.44. The number of aromatic hydroxyl groups is 1. The average Bonchev–Trinajstić information content (AvgIpc) is 3.13. The summed E-state index contributed by atoms with van der Waals surface area (Å²) in [7, 11) is 0. The fraction of sp³-hybridized carbons (Fsp3) is 0.259. The predicted octanol–water partition coefficient (Wildman–Crippen LogP) is 5.58. The molecule has 2 aliphatic heterocycles. The van der Waals surface area contributed by atoms with Gasteiger partial charge in [0.25, 0.3) is 0 Å². The smallest absolute Gasteiger partial charge is 0.232 e. The first-order valence-electron chi connectivity index (χ1n) is 11.2. The summed E-state index contributed by atoms with van der Waals surface area (Å²) in [6, 6.07) is 11.8. The van der Waals surface area contributed by atoms with Crippen molar-refractivity contribution in [3.8, 4) is 11.5 Å². The minimum atomic E-state index is -0.381. The molecule has 0 saturated carbocycles. The van der Waals surface area contributed by atoms with Crippen LogP contribution in [0, 0.1) is 12.7 Å². The lowest BCUT2D eigenvalue weighted by molar-refractivity contribution is 0.101. The number of piperidine rings is 1. The lowest BCUT2D eigenvalue weighted by Crippen LogP contribution is -2.33. The van der Waals surface area contributed by atoms with Crippen molar-refractivity contribution in [1.29, 1.82) is 0 Å². The van der Waals surface area contributed by atoms with Crippen LogP contribution in [-0.4, -0.2) is 27.3 Å². The van der Waals surface area contributed by atoms with Crippen molar-refractivity contribution in [1.82, 2.24) is 9.88 Å². The standard InChI is InChI=1S/C27H25FN2O3/c1-17-12-23(31)21(16-30-11-3-2-9-22(30)19-7-5-10-29-15-19)27-25(17)26(32)24(33-27)14-18-6-4-8-20(28)13-18/h4-8,10,12-15,22,31H,2-3,9,11,16H2,1H3/b24-14-/t22-/m0/s1. The normalized spacial score (nSPS) is 19.5. The molecular formula is C27H25FN2O3. The van der Waals surface area contributed by atoms with Crippen molar-refractivity contribution >= 4 is 11.9 Å². The molecule has 0 bridgehead atoms. The summed E-state index contributed by atoms with van der Waals surface area (Å²) in [6.45, 7) is 3.12. The molecule has 3 heterocycles. The van der Waals surface area contributed by atoms with Crippen molar-refractivity contribution in [3.63, 3.8) is 0 Å². The van der Waals surface area contributed by atoms with Gasteiger partial charge < -0.3 is 9.84 Å². The Labute approximate surface area is 192 Å². The lowest BCUT2D eigenvalue weighted by Gasteiger charge is -2.36. The van der Waals surface area contributed by atoms with Gasteiger partial charge >= 0.3 is 0 Å². The van der Waals surface area contributed by atoms with Crippen LogP contribution in [0.25, 0.3) is 6.08 Å². The molecule has 0 spiro atoms. The number of phenolic OH excluding ortho intramolecular Hbond substituents is 1. The molecule has 1 saturated heterocycles. The first-order chi connectivity index (χ1) is 16.0. The van der Waals surface area contributed by atoms with Crippen LogP contribution in [0.15, 0.2) is 60.6 Å². The highest BCUT2D eigenvalue weighted by atomic mass is 19.1. The van der Waals surface area contributed by atoms with Gasteiger partial charge in [0.1, 0.15) is 17.3 Å². The summed E-state index contributed by atoms with van der Waals surface area (Å²) < 4.78 is 19.6. The topological polar surface area (TPSA) is 62.7 Å². The van der Waals surface area contributed by atoms with Gasteiger partial charge in [-0.25, -0.2) is 4.39 Å². The second-order valence-electron chi connectivity index (χ2n) is 8.66. The zero-order chi connectivity index (χ0) is 22.9. The first kappa shape index (κ1) is 21.3. The van der Waals surface area contributed by atoms with Crippen LogP contribution in [0.4, 0.5) is 4.39 Å². The Balaban J connectivity index is 1.50. The Morgan fingerprint density at radius 1 is 1.24 bits per heavy atom. The van der Waals surface area contributed by atoms with Crippen molar-refractivity contribution < 1.29 is 19.0 Å². The number of fused-ring (bicyclic) bond motifs is 1. The Kier molecular flexibility index (Phi) is 5.68. The number of nitrogens with zero attached hydrogens (tertiary/aromatic N) is 2. The molecule has 0 radical (unpaired) electrons. The van der Waals surface area contributed by atoms with Crippen LogP contribution in [0.1, 0.15) is 57.9 Å². The number of likely N-dealkylation sites (tertiary alicyclic amines) is 1. The number of phenols is 1. The Morgan fingerprint density at radius 3 is 2.91 bits per heavy atom. The molecule has 5 rings (SSSR count). The maximum absolute atomic E-state index is 13.6.